The number of benzene rings is 3. The summed E-state index contributed by atoms with van der Waals surface area (Å²) in [5, 5.41) is 12.9. The van der Waals surface area contributed by atoms with Gasteiger partial charge in [-0.25, -0.2) is 10.4 Å². The first-order valence-corrected chi connectivity index (χ1v) is 16.3. The molecule has 0 unspecified atom stereocenters. The van der Waals surface area contributed by atoms with Crippen molar-refractivity contribution in [3.8, 4) is 23.0 Å². The number of hydrazine groups is 1. The van der Waals surface area contributed by atoms with Crippen LogP contribution in [0.15, 0.2) is 70.8 Å². The molecule has 2 atom stereocenters. The van der Waals surface area contributed by atoms with Gasteiger partial charge in [-0.05, 0) is 74.7 Å². The van der Waals surface area contributed by atoms with E-state index in [2.05, 4.69) is 20.9 Å². The number of amides is 1. The lowest BCUT2D eigenvalue weighted by molar-refractivity contribution is -0.155. The molecule has 4 rings (SSSR count). The van der Waals surface area contributed by atoms with Crippen LogP contribution in [0.25, 0.3) is 10.4 Å². The molecule has 0 aliphatic carbocycles. The lowest BCUT2D eigenvalue weighted by Crippen LogP contribution is -2.52. The summed E-state index contributed by atoms with van der Waals surface area (Å²) in [5.41, 5.74) is 14.4. The molecule has 3 aromatic carbocycles. The van der Waals surface area contributed by atoms with Crippen LogP contribution in [0.5, 0.6) is 23.0 Å². The van der Waals surface area contributed by atoms with Crippen LogP contribution < -0.4 is 29.8 Å². The summed E-state index contributed by atoms with van der Waals surface area (Å²) in [4.78, 5) is 35.4. The molecule has 0 spiro atoms. The summed E-state index contributed by atoms with van der Waals surface area (Å²) in [5.74, 6) is 0.847. The number of methoxy groups -OCH3 is 3. The van der Waals surface area contributed by atoms with Gasteiger partial charge in [0.25, 0.3) is 5.91 Å². The molecular formula is C36H44N6O9. The largest absolute Gasteiger partial charge is 0.494 e. The first-order chi connectivity index (χ1) is 24.5. The molecule has 272 valence electrons. The molecule has 0 saturated carbocycles. The van der Waals surface area contributed by atoms with E-state index in [1.54, 1.807) is 81.4 Å². The molecule has 3 aromatic rings. The number of hydrogen-bond acceptors (Lipinski definition) is 12. The number of esters is 1. The van der Waals surface area contributed by atoms with Crippen molar-refractivity contribution in [1.82, 2.24) is 10.9 Å². The molecule has 0 radical (unpaired) electrons. The van der Waals surface area contributed by atoms with Gasteiger partial charge in [-0.2, -0.15) is 0 Å². The number of rotatable bonds is 17. The van der Waals surface area contributed by atoms with Crippen LogP contribution in [-0.2, 0) is 25.6 Å². The molecule has 51 heavy (non-hydrogen) atoms. The van der Waals surface area contributed by atoms with Crippen molar-refractivity contribution in [1.29, 1.82) is 0 Å². The lowest BCUT2D eigenvalue weighted by Gasteiger charge is -2.31. The molecule has 1 amide bonds. The molecular weight excluding hydrogens is 660 g/mol. The van der Waals surface area contributed by atoms with Crippen molar-refractivity contribution < 1.29 is 43.1 Å². The Labute approximate surface area is 296 Å². The van der Waals surface area contributed by atoms with E-state index < -0.39 is 29.1 Å². The second-order valence-electron chi connectivity index (χ2n) is 12.5. The Kier molecular flexibility index (Phi) is 13.1. The van der Waals surface area contributed by atoms with E-state index in [0.29, 0.717) is 52.7 Å². The van der Waals surface area contributed by atoms with Gasteiger partial charge in [0.05, 0.1) is 27.9 Å². The van der Waals surface area contributed by atoms with E-state index in [-0.39, 0.29) is 37.6 Å². The summed E-state index contributed by atoms with van der Waals surface area (Å²) < 4.78 is 34.1. The Morgan fingerprint density at radius 3 is 2.33 bits per heavy atom. The van der Waals surface area contributed by atoms with Crippen molar-refractivity contribution in [2.45, 2.75) is 63.8 Å². The third-order valence-electron chi connectivity index (χ3n) is 7.75. The maximum absolute atomic E-state index is 14.5. The topological polar surface area (TPSA) is 195 Å². The van der Waals surface area contributed by atoms with E-state index in [0.717, 1.165) is 0 Å². The lowest BCUT2D eigenvalue weighted by atomic mass is 9.83. The van der Waals surface area contributed by atoms with Crippen LogP contribution in [0.4, 0.5) is 5.69 Å². The van der Waals surface area contributed by atoms with E-state index in [1.807, 2.05) is 0 Å². The highest BCUT2D eigenvalue weighted by molar-refractivity contribution is 6.01. The molecule has 0 fully saturated rings. The fourth-order valence-electron chi connectivity index (χ4n) is 5.45. The van der Waals surface area contributed by atoms with Crippen LogP contribution >= 0.6 is 0 Å². The Balaban J connectivity index is 1.75. The van der Waals surface area contributed by atoms with Crippen LogP contribution in [0.1, 0.15) is 62.8 Å². The second kappa shape index (κ2) is 17.4. The van der Waals surface area contributed by atoms with Gasteiger partial charge >= 0.3 is 5.97 Å². The van der Waals surface area contributed by atoms with Crippen LogP contribution in [0.2, 0.25) is 0 Å². The van der Waals surface area contributed by atoms with Gasteiger partial charge in [-0.1, -0.05) is 29.4 Å². The Bertz CT molecular complexity index is 1730. The summed E-state index contributed by atoms with van der Waals surface area (Å²) in [7, 11) is 4.52. The van der Waals surface area contributed by atoms with E-state index in [1.165, 1.54) is 21.3 Å². The fraction of sp³-hybridized carbons (Fsp3) is 0.417. The van der Waals surface area contributed by atoms with Gasteiger partial charge in [-0.3, -0.25) is 15.0 Å². The number of aliphatic hydroxyl groups excluding tert-OH is 1. The number of hydrogen-bond donors (Lipinski definition) is 3. The SMILES string of the molecule is COc1cc(CNNC(=O)[C@@]2(CCC(=O)OC(C)(C)C)N=C(c3ccc(OCCCO)cc3)O[C@H]2c2ccccc2N=[N+]=[N-])cc(OC)c1OC. The molecule has 1 aliphatic heterocycles. The highest BCUT2D eigenvalue weighted by atomic mass is 16.6. The van der Waals surface area contributed by atoms with Crippen molar-refractivity contribution >= 4 is 23.5 Å². The van der Waals surface area contributed by atoms with Crippen LogP contribution in [0.3, 0.4) is 0 Å². The quantitative estimate of drug-likeness (QED) is 0.0397. The summed E-state index contributed by atoms with van der Waals surface area (Å²) in [6, 6.07) is 17.1. The number of nitrogens with one attached hydrogen (secondary N) is 2. The Morgan fingerprint density at radius 1 is 1.04 bits per heavy atom. The minimum atomic E-state index is -1.74. The third kappa shape index (κ3) is 9.60. The maximum atomic E-state index is 14.5. The average Bonchev–Trinajstić information content (AvgIpc) is 3.51. The maximum Gasteiger partial charge on any atom is 0.306 e. The average molecular weight is 705 g/mol. The van der Waals surface area contributed by atoms with Gasteiger partial charge in [0.15, 0.2) is 23.1 Å². The third-order valence-corrected chi connectivity index (χ3v) is 7.75. The van der Waals surface area contributed by atoms with Crippen molar-refractivity contribution in [3.63, 3.8) is 0 Å². The minimum absolute atomic E-state index is 0.00617. The monoisotopic (exact) mass is 704 g/mol. The zero-order valence-corrected chi connectivity index (χ0v) is 29.6. The van der Waals surface area contributed by atoms with Gasteiger partial charge < -0.3 is 33.5 Å². The number of aliphatic hydroxyl groups is 1. The molecule has 0 aromatic heterocycles. The smallest absolute Gasteiger partial charge is 0.306 e. The van der Waals surface area contributed by atoms with Gasteiger partial charge in [0, 0.05) is 47.7 Å². The predicted octanol–water partition coefficient (Wildman–Crippen LogP) is 5.62. The standard InChI is InChI=1S/C36H44N6O9/c1-35(2,3)51-30(44)16-17-36(34(45)41-38-22-23-20-28(46-4)31(48-6)29(21-23)47-5)32(26-10-7-8-11-27(26)40-42-37)50-33(39-36)24-12-14-25(15-13-24)49-19-9-18-43/h7-8,10-15,20-21,32,38,43H,9,16-19,22H2,1-6H3,(H,41,45)/t32-,36-/m0/s1. The number of ether oxygens (including phenoxy) is 6. The van der Waals surface area contributed by atoms with E-state index in [4.69, 9.17) is 38.5 Å². The highest BCUT2D eigenvalue weighted by Gasteiger charge is 2.54. The Hall–Kier alpha value is -5.50. The summed E-state index contributed by atoms with van der Waals surface area (Å²) in [6.07, 6.45) is -0.955. The van der Waals surface area contributed by atoms with Gasteiger partial charge in [0.1, 0.15) is 11.4 Å². The summed E-state index contributed by atoms with van der Waals surface area (Å²) >= 11 is 0. The Morgan fingerprint density at radius 2 is 1.73 bits per heavy atom. The van der Waals surface area contributed by atoms with E-state index >= 15 is 0 Å². The zero-order valence-electron chi connectivity index (χ0n) is 29.6. The number of carbonyl (C=O) groups excluding carboxylic acids is 2. The molecule has 15 heteroatoms. The van der Waals surface area contributed by atoms with Crippen molar-refractivity contribution in [2.24, 2.45) is 10.1 Å². The van der Waals surface area contributed by atoms with Gasteiger partial charge in [-0.15, -0.1) is 0 Å². The summed E-state index contributed by atoms with van der Waals surface area (Å²) in [6.45, 7) is 5.75. The number of carbonyl (C=O) groups is 2. The first-order valence-electron chi connectivity index (χ1n) is 16.3. The molecule has 3 N–H and O–H groups in total. The molecule has 0 bridgehead atoms. The van der Waals surface area contributed by atoms with E-state index in [9.17, 15) is 15.1 Å². The number of azide groups is 1. The fourth-order valence-corrected chi connectivity index (χ4v) is 5.45. The van der Waals surface area contributed by atoms with Crippen molar-refractivity contribution in [3.05, 3.63) is 87.8 Å². The number of aliphatic imine (C=N–C) groups is 1. The molecule has 15 nitrogen and oxygen atoms in total. The predicted molar refractivity (Wildman–Crippen MR) is 188 cm³/mol. The normalized spacial score (nSPS) is 16.6. The minimum Gasteiger partial charge on any atom is -0.494 e. The highest BCUT2D eigenvalue weighted by Crippen LogP contribution is 2.46. The van der Waals surface area contributed by atoms with Crippen LogP contribution in [-0.4, -0.2) is 68.6 Å². The second-order valence-corrected chi connectivity index (χ2v) is 12.5. The van der Waals surface area contributed by atoms with Crippen LogP contribution in [0, 0.1) is 0 Å². The first kappa shape index (κ1) is 38.3. The zero-order chi connectivity index (χ0) is 37.0. The van der Waals surface area contributed by atoms with Gasteiger partial charge in [0.2, 0.25) is 11.6 Å². The number of nitrogens with zero attached hydrogens (tertiary/aromatic N) is 4. The van der Waals surface area contributed by atoms with Crippen molar-refractivity contribution in [2.75, 3.05) is 34.5 Å². The molecule has 1 heterocycles. The molecule has 0 saturated heterocycles. The molecule has 1 aliphatic rings.